The molecule has 2 aromatic carbocycles. The van der Waals surface area contributed by atoms with Gasteiger partial charge in [-0.3, -0.25) is 5.41 Å². The van der Waals surface area contributed by atoms with Crippen LogP contribution in [0.1, 0.15) is 22.3 Å². The van der Waals surface area contributed by atoms with E-state index >= 15 is 0 Å². The van der Waals surface area contributed by atoms with Crippen LogP contribution < -0.4 is 4.74 Å². The van der Waals surface area contributed by atoms with Crippen molar-refractivity contribution in [3.8, 4) is 5.75 Å². The molecule has 0 atom stereocenters. The molecule has 4 heteroatoms. The lowest BCUT2D eigenvalue weighted by molar-refractivity contribution is -0.129. The first-order chi connectivity index (χ1) is 9.99. The zero-order chi connectivity index (χ0) is 15.4. The van der Waals surface area contributed by atoms with Crippen molar-refractivity contribution in [2.75, 3.05) is 0 Å². The van der Waals surface area contributed by atoms with Gasteiger partial charge in [-0.05, 0) is 31.0 Å². The standard InChI is InChI=1S/C17H17NO3/c1-11-7-8-15(12(2)9-11)21-10-13-5-3-4-6-14(13)16(18)17(19)20/h3-9,18H,10H2,1-2H3,(H,19,20). The van der Waals surface area contributed by atoms with E-state index in [1.165, 1.54) is 0 Å². The van der Waals surface area contributed by atoms with Gasteiger partial charge in [0.1, 0.15) is 18.1 Å². The van der Waals surface area contributed by atoms with Crippen LogP contribution in [-0.2, 0) is 11.4 Å². The quantitative estimate of drug-likeness (QED) is 0.827. The highest BCUT2D eigenvalue weighted by atomic mass is 16.5. The molecular weight excluding hydrogens is 266 g/mol. The first-order valence-electron chi connectivity index (χ1n) is 6.59. The van der Waals surface area contributed by atoms with Gasteiger partial charge in [0.15, 0.2) is 0 Å². The zero-order valence-electron chi connectivity index (χ0n) is 12.0. The molecule has 0 heterocycles. The smallest absolute Gasteiger partial charge is 0.354 e. The van der Waals surface area contributed by atoms with E-state index in [0.29, 0.717) is 11.1 Å². The fourth-order valence-electron chi connectivity index (χ4n) is 2.12. The molecule has 0 fully saturated rings. The van der Waals surface area contributed by atoms with Crippen LogP contribution in [0.25, 0.3) is 0 Å². The summed E-state index contributed by atoms with van der Waals surface area (Å²) in [5.41, 5.74) is 2.84. The number of rotatable bonds is 5. The Balaban J connectivity index is 2.20. The molecule has 2 N–H and O–H groups in total. The first kappa shape index (κ1) is 14.8. The minimum Gasteiger partial charge on any atom is -0.489 e. The van der Waals surface area contributed by atoms with Gasteiger partial charge in [-0.2, -0.15) is 0 Å². The molecule has 0 bridgehead atoms. The molecule has 0 radical (unpaired) electrons. The van der Waals surface area contributed by atoms with Crippen molar-refractivity contribution in [3.05, 3.63) is 64.7 Å². The second-order valence-electron chi connectivity index (χ2n) is 4.89. The Hall–Kier alpha value is -2.62. The first-order valence-corrected chi connectivity index (χ1v) is 6.59. The van der Waals surface area contributed by atoms with Crippen molar-refractivity contribution < 1.29 is 14.6 Å². The average Bonchev–Trinajstić information content (AvgIpc) is 2.46. The Morgan fingerprint density at radius 2 is 1.90 bits per heavy atom. The third kappa shape index (κ3) is 3.48. The molecule has 2 aromatic rings. The van der Waals surface area contributed by atoms with Gasteiger partial charge >= 0.3 is 5.97 Å². The molecule has 0 aliphatic heterocycles. The largest absolute Gasteiger partial charge is 0.489 e. The van der Waals surface area contributed by atoms with Crippen molar-refractivity contribution in [2.24, 2.45) is 0 Å². The molecule has 0 unspecified atom stereocenters. The summed E-state index contributed by atoms with van der Waals surface area (Å²) < 4.78 is 5.76. The fraction of sp³-hybridized carbons (Fsp3) is 0.176. The third-order valence-corrected chi connectivity index (χ3v) is 3.21. The molecule has 0 saturated heterocycles. The van der Waals surface area contributed by atoms with E-state index in [-0.39, 0.29) is 6.61 Å². The number of hydrogen-bond acceptors (Lipinski definition) is 3. The van der Waals surface area contributed by atoms with Crippen molar-refractivity contribution >= 4 is 11.7 Å². The van der Waals surface area contributed by atoms with Crippen LogP contribution in [0, 0.1) is 19.3 Å². The lowest BCUT2D eigenvalue weighted by Gasteiger charge is -2.12. The van der Waals surface area contributed by atoms with Gasteiger partial charge in [-0.1, -0.05) is 42.0 Å². The molecule has 0 amide bonds. The zero-order valence-corrected chi connectivity index (χ0v) is 12.0. The Morgan fingerprint density at radius 3 is 2.57 bits per heavy atom. The van der Waals surface area contributed by atoms with Gasteiger partial charge in [-0.25, -0.2) is 4.79 Å². The van der Waals surface area contributed by atoms with Crippen LogP contribution in [0.5, 0.6) is 5.75 Å². The van der Waals surface area contributed by atoms with E-state index in [0.717, 1.165) is 16.9 Å². The Kier molecular flexibility index (Phi) is 4.38. The molecule has 0 aromatic heterocycles. The predicted octanol–water partition coefficient (Wildman–Crippen LogP) is 3.33. The number of carbonyl (C=O) groups is 1. The number of nitrogens with one attached hydrogen (secondary N) is 1. The van der Waals surface area contributed by atoms with Crippen molar-refractivity contribution in [2.45, 2.75) is 20.5 Å². The van der Waals surface area contributed by atoms with Crippen LogP contribution in [0.2, 0.25) is 0 Å². The van der Waals surface area contributed by atoms with E-state index in [1.807, 2.05) is 32.0 Å². The van der Waals surface area contributed by atoms with Crippen LogP contribution >= 0.6 is 0 Å². The van der Waals surface area contributed by atoms with Gasteiger partial charge in [0.25, 0.3) is 0 Å². The van der Waals surface area contributed by atoms with E-state index < -0.39 is 11.7 Å². The summed E-state index contributed by atoms with van der Waals surface area (Å²) in [6.45, 7) is 4.21. The van der Waals surface area contributed by atoms with E-state index in [2.05, 4.69) is 0 Å². The maximum Gasteiger partial charge on any atom is 0.354 e. The Labute approximate surface area is 123 Å². The molecule has 2 rings (SSSR count). The van der Waals surface area contributed by atoms with Crippen molar-refractivity contribution in [1.82, 2.24) is 0 Å². The summed E-state index contributed by atoms with van der Waals surface area (Å²) >= 11 is 0. The van der Waals surface area contributed by atoms with Gasteiger partial charge in [-0.15, -0.1) is 0 Å². The number of hydrogen-bond donors (Lipinski definition) is 2. The molecule has 0 aliphatic rings. The Morgan fingerprint density at radius 1 is 1.19 bits per heavy atom. The maximum atomic E-state index is 11.0. The van der Waals surface area contributed by atoms with Crippen LogP contribution in [0.4, 0.5) is 0 Å². The lowest BCUT2D eigenvalue weighted by atomic mass is 10.0. The van der Waals surface area contributed by atoms with Crippen molar-refractivity contribution in [3.63, 3.8) is 0 Å². The molecule has 21 heavy (non-hydrogen) atoms. The second kappa shape index (κ2) is 6.22. The highest BCUT2D eigenvalue weighted by molar-refractivity contribution is 6.41. The number of benzene rings is 2. The Bertz CT molecular complexity index is 692. The normalized spacial score (nSPS) is 10.2. The SMILES string of the molecule is Cc1ccc(OCc2ccccc2C(=N)C(=O)O)c(C)c1. The lowest BCUT2D eigenvalue weighted by Crippen LogP contribution is -2.15. The van der Waals surface area contributed by atoms with E-state index in [9.17, 15) is 4.79 Å². The summed E-state index contributed by atoms with van der Waals surface area (Å²) in [6, 6.07) is 12.8. The second-order valence-corrected chi connectivity index (χ2v) is 4.89. The number of ether oxygens (including phenoxy) is 1. The van der Waals surface area contributed by atoms with E-state index in [1.54, 1.807) is 24.3 Å². The van der Waals surface area contributed by atoms with Gasteiger partial charge in [0.05, 0.1) is 0 Å². The summed E-state index contributed by atoms with van der Waals surface area (Å²) in [5, 5.41) is 16.6. The summed E-state index contributed by atoms with van der Waals surface area (Å²) in [5.74, 6) is -0.480. The summed E-state index contributed by atoms with van der Waals surface area (Å²) in [7, 11) is 0. The number of aryl methyl sites for hydroxylation is 2. The minimum atomic E-state index is -1.24. The molecule has 0 aliphatic carbocycles. The van der Waals surface area contributed by atoms with Gasteiger partial charge < -0.3 is 9.84 Å². The number of carboxylic acid groups (broad SMARTS) is 1. The van der Waals surface area contributed by atoms with Crippen LogP contribution in [0.3, 0.4) is 0 Å². The molecule has 4 nitrogen and oxygen atoms in total. The fourth-order valence-corrected chi connectivity index (χ4v) is 2.12. The maximum absolute atomic E-state index is 11.0. The molecule has 108 valence electrons. The highest BCUT2D eigenvalue weighted by Gasteiger charge is 2.14. The van der Waals surface area contributed by atoms with Gasteiger partial charge in [0.2, 0.25) is 0 Å². The minimum absolute atomic E-state index is 0.232. The summed E-state index contributed by atoms with van der Waals surface area (Å²) in [6.07, 6.45) is 0. The van der Waals surface area contributed by atoms with Crippen LogP contribution in [-0.4, -0.2) is 16.8 Å². The molecule has 0 saturated carbocycles. The molecule has 0 spiro atoms. The topological polar surface area (TPSA) is 70.4 Å². The third-order valence-electron chi connectivity index (χ3n) is 3.21. The monoisotopic (exact) mass is 283 g/mol. The van der Waals surface area contributed by atoms with Crippen molar-refractivity contribution in [1.29, 1.82) is 5.41 Å². The van der Waals surface area contributed by atoms with E-state index in [4.69, 9.17) is 15.3 Å². The number of carboxylic acids is 1. The molecular formula is C17H17NO3. The average molecular weight is 283 g/mol. The van der Waals surface area contributed by atoms with Crippen LogP contribution in [0.15, 0.2) is 42.5 Å². The summed E-state index contributed by atoms with van der Waals surface area (Å²) in [4.78, 5) is 11.0. The predicted molar refractivity (Wildman–Crippen MR) is 81.2 cm³/mol. The highest BCUT2D eigenvalue weighted by Crippen LogP contribution is 2.21. The van der Waals surface area contributed by atoms with Gasteiger partial charge in [0, 0.05) is 5.56 Å². The number of aliphatic carboxylic acids is 1.